The number of nitrogen functional groups attached to an aromatic ring is 1. The molecule has 0 aliphatic heterocycles. The highest BCUT2D eigenvalue weighted by molar-refractivity contribution is 5.52. The van der Waals surface area contributed by atoms with Crippen LogP contribution in [-0.4, -0.2) is 14.8 Å². The number of oxazole rings is 1. The van der Waals surface area contributed by atoms with Crippen molar-refractivity contribution in [3.05, 3.63) is 18.5 Å². The van der Waals surface area contributed by atoms with Gasteiger partial charge in [-0.3, -0.25) is 4.68 Å². The van der Waals surface area contributed by atoms with Gasteiger partial charge < -0.3 is 10.2 Å². The quantitative estimate of drug-likeness (QED) is 0.786. The number of aromatic nitrogens is 3. The summed E-state index contributed by atoms with van der Waals surface area (Å²) in [6.07, 6.45) is 3.33. The van der Waals surface area contributed by atoms with Crippen molar-refractivity contribution in [2.24, 2.45) is 0 Å². The van der Waals surface area contributed by atoms with Gasteiger partial charge in [0.05, 0.1) is 6.20 Å². The first-order valence-electron chi connectivity index (χ1n) is 4.43. The SMILES string of the molecule is CC(C)n1nccc1-c1cnc(N)o1. The molecule has 5 heteroatoms. The second kappa shape index (κ2) is 3.17. The van der Waals surface area contributed by atoms with E-state index in [2.05, 4.69) is 23.9 Å². The average Bonchev–Trinajstić information content (AvgIpc) is 2.70. The first-order valence-corrected chi connectivity index (χ1v) is 4.43. The van der Waals surface area contributed by atoms with Crippen LogP contribution in [-0.2, 0) is 0 Å². The molecule has 2 N–H and O–H groups in total. The van der Waals surface area contributed by atoms with E-state index in [-0.39, 0.29) is 12.1 Å². The van der Waals surface area contributed by atoms with E-state index in [9.17, 15) is 0 Å². The van der Waals surface area contributed by atoms with Crippen LogP contribution in [0.5, 0.6) is 0 Å². The van der Waals surface area contributed by atoms with Crippen molar-refractivity contribution in [3.63, 3.8) is 0 Å². The summed E-state index contributed by atoms with van der Waals surface area (Å²) in [5.74, 6) is 0.647. The largest absolute Gasteiger partial charge is 0.422 e. The highest BCUT2D eigenvalue weighted by Crippen LogP contribution is 2.23. The van der Waals surface area contributed by atoms with Gasteiger partial charge in [0.1, 0.15) is 5.69 Å². The van der Waals surface area contributed by atoms with Crippen molar-refractivity contribution in [3.8, 4) is 11.5 Å². The first-order chi connectivity index (χ1) is 6.68. The minimum absolute atomic E-state index is 0.177. The van der Waals surface area contributed by atoms with Gasteiger partial charge in [0.2, 0.25) is 0 Å². The maximum Gasteiger partial charge on any atom is 0.292 e. The zero-order valence-electron chi connectivity index (χ0n) is 8.14. The Bertz CT molecular complexity index is 429. The molecule has 5 nitrogen and oxygen atoms in total. The number of anilines is 1. The van der Waals surface area contributed by atoms with Crippen LogP contribution >= 0.6 is 0 Å². The van der Waals surface area contributed by atoms with E-state index in [0.29, 0.717) is 5.76 Å². The Morgan fingerprint density at radius 2 is 2.29 bits per heavy atom. The van der Waals surface area contributed by atoms with Gasteiger partial charge in [-0.1, -0.05) is 0 Å². The molecule has 0 saturated carbocycles. The van der Waals surface area contributed by atoms with E-state index >= 15 is 0 Å². The monoisotopic (exact) mass is 192 g/mol. The molecule has 0 aliphatic carbocycles. The number of rotatable bonds is 2. The summed E-state index contributed by atoms with van der Waals surface area (Å²) < 4.78 is 7.09. The molecule has 2 aromatic heterocycles. The third-order valence-electron chi connectivity index (χ3n) is 1.94. The lowest BCUT2D eigenvalue weighted by atomic mass is 10.3. The average molecular weight is 192 g/mol. The van der Waals surface area contributed by atoms with E-state index in [1.54, 1.807) is 12.4 Å². The predicted molar refractivity (Wildman–Crippen MR) is 52.5 cm³/mol. The maximum atomic E-state index is 5.40. The van der Waals surface area contributed by atoms with E-state index in [1.807, 2.05) is 10.7 Å². The summed E-state index contributed by atoms with van der Waals surface area (Å²) in [5, 5.41) is 4.19. The lowest BCUT2D eigenvalue weighted by Gasteiger charge is -2.08. The first kappa shape index (κ1) is 8.80. The Balaban J connectivity index is 2.46. The van der Waals surface area contributed by atoms with Crippen LogP contribution in [0.1, 0.15) is 19.9 Å². The molecule has 0 bridgehead atoms. The highest BCUT2D eigenvalue weighted by atomic mass is 16.4. The third kappa shape index (κ3) is 1.37. The van der Waals surface area contributed by atoms with Crippen LogP contribution in [0.4, 0.5) is 6.01 Å². The van der Waals surface area contributed by atoms with Gasteiger partial charge in [-0.2, -0.15) is 5.10 Å². The zero-order chi connectivity index (χ0) is 10.1. The van der Waals surface area contributed by atoms with Crippen LogP contribution in [0.3, 0.4) is 0 Å². The maximum absolute atomic E-state index is 5.40. The summed E-state index contributed by atoms with van der Waals surface area (Å²) >= 11 is 0. The standard InChI is InChI=1S/C9H12N4O/c1-6(2)13-7(3-4-12-13)8-5-11-9(10)14-8/h3-6H,1-2H3,(H2,10,11). The predicted octanol–water partition coefficient (Wildman–Crippen LogP) is 1.70. The van der Waals surface area contributed by atoms with E-state index in [0.717, 1.165) is 5.69 Å². The molecule has 0 amide bonds. The van der Waals surface area contributed by atoms with Crippen molar-refractivity contribution in [2.75, 3.05) is 5.73 Å². The molecule has 0 aromatic carbocycles. The second-order valence-electron chi connectivity index (χ2n) is 3.32. The minimum atomic E-state index is 0.177. The van der Waals surface area contributed by atoms with Crippen LogP contribution in [0.2, 0.25) is 0 Å². The Hall–Kier alpha value is -1.78. The molecule has 0 spiro atoms. The Morgan fingerprint density at radius 1 is 1.50 bits per heavy atom. The smallest absolute Gasteiger partial charge is 0.292 e. The number of hydrogen-bond acceptors (Lipinski definition) is 4. The fourth-order valence-electron chi connectivity index (χ4n) is 1.33. The van der Waals surface area contributed by atoms with Crippen molar-refractivity contribution in [2.45, 2.75) is 19.9 Å². The van der Waals surface area contributed by atoms with Crippen LogP contribution < -0.4 is 5.73 Å². The molecule has 0 saturated heterocycles. The molecule has 0 unspecified atom stereocenters. The molecule has 0 atom stereocenters. The number of hydrogen-bond donors (Lipinski definition) is 1. The Labute approximate surface area is 81.5 Å². The van der Waals surface area contributed by atoms with Gasteiger partial charge >= 0.3 is 0 Å². The topological polar surface area (TPSA) is 69.9 Å². The fraction of sp³-hybridized carbons (Fsp3) is 0.333. The molecular formula is C9H12N4O. The summed E-state index contributed by atoms with van der Waals surface area (Å²) in [4.78, 5) is 3.84. The minimum Gasteiger partial charge on any atom is -0.422 e. The van der Waals surface area contributed by atoms with E-state index in [1.165, 1.54) is 0 Å². The van der Waals surface area contributed by atoms with Crippen LogP contribution in [0.25, 0.3) is 11.5 Å². The highest BCUT2D eigenvalue weighted by Gasteiger charge is 2.11. The van der Waals surface area contributed by atoms with E-state index in [4.69, 9.17) is 10.2 Å². The second-order valence-corrected chi connectivity index (χ2v) is 3.32. The Kier molecular flexibility index (Phi) is 1.99. The normalized spacial score (nSPS) is 11.1. The molecule has 2 rings (SSSR count). The summed E-state index contributed by atoms with van der Waals surface area (Å²) in [6, 6.07) is 2.34. The Morgan fingerprint density at radius 3 is 2.86 bits per heavy atom. The summed E-state index contributed by atoms with van der Waals surface area (Å²) in [6.45, 7) is 4.10. The molecule has 0 aliphatic rings. The molecule has 0 fully saturated rings. The molecule has 14 heavy (non-hydrogen) atoms. The van der Waals surface area contributed by atoms with Gasteiger partial charge in [-0.05, 0) is 19.9 Å². The lowest BCUT2D eigenvalue weighted by Crippen LogP contribution is -2.03. The van der Waals surface area contributed by atoms with Gasteiger partial charge in [-0.15, -0.1) is 0 Å². The van der Waals surface area contributed by atoms with Gasteiger partial charge in [-0.25, -0.2) is 4.98 Å². The van der Waals surface area contributed by atoms with Crippen LogP contribution in [0.15, 0.2) is 22.9 Å². The number of nitrogens with zero attached hydrogens (tertiary/aromatic N) is 3. The third-order valence-corrected chi connectivity index (χ3v) is 1.94. The summed E-state index contributed by atoms with van der Waals surface area (Å²) in [5.41, 5.74) is 6.30. The summed E-state index contributed by atoms with van der Waals surface area (Å²) in [7, 11) is 0. The lowest BCUT2D eigenvalue weighted by molar-refractivity contribution is 0.521. The van der Waals surface area contributed by atoms with E-state index < -0.39 is 0 Å². The van der Waals surface area contributed by atoms with Crippen molar-refractivity contribution in [1.82, 2.24) is 14.8 Å². The van der Waals surface area contributed by atoms with Crippen molar-refractivity contribution >= 4 is 6.01 Å². The van der Waals surface area contributed by atoms with Crippen molar-refractivity contribution < 1.29 is 4.42 Å². The molecular weight excluding hydrogens is 180 g/mol. The molecule has 74 valence electrons. The zero-order valence-corrected chi connectivity index (χ0v) is 8.14. The van der Waals surface area contributed by atoms with Crippen LogP contribution in [0, 0.1) is 0 Å². The van der Waals surface area contributed by atoms with Crippen molar-refractivity contribution in [1.29, 1.82) is 0 Å². The number of nitrogens with two attached hydrogens (primary N) is 1. The molecule has 2 aromatic rings. The van der Waals surface area contributed by atoms with Gasteiger partial charge in [0, 0.05) is 12.2 Å². The van der Waals surface area contributed by atoms with Gasteiger partial charge in [0.15, 0.2) is 5.76 Å². The molecule has 2 heterocycles. The molecule has 0 radical (unpaired) electrons. The fourth-order valence-corrected chi connectivity index (χ4v) is 1.33. The van der Waals surface area contributed by atoms with Gasteiger partial charge in [0.25, 0.3) is 6.01 Å².